The Morgan fingerprint density at radius 3 is 2.67 bits per heavy atom. The molecule has 0 radical (unpaired) electrons. The molecule has 2 aromatic rings. The number of rotatable bonds is 4. The van der Waals surface area contributed by atoms with Gasteiger partial charge in [-0.25, -0.2) is 5.10 Å². The highest BCUT2D eigenvalue weighted by molar-refractivity contribution is 5.79. The van der Waals surface area contributed by atoms with Gasteiger partial charge in [0.1, 0.15) is 0 Å². The summed E-state index contributed by atoms with van der Waals surface area (Å²) in [5, 5.41) is 9.23. The molecular formula is C18H22N4O2. The zero-order valence-electron chi connectivity index (χ0n) is 13.8. The van der Waals surface area contributed by atoms with E-state index in [4.69, 9.17) is 0 Å². The van der Waals surface area contributed by atoms with Gasteiger partial charge in [-0.3, -0.25) is 9.59 Å². The minimum absolute atomic E-state index is 0.0293. The number of carbonyl (C=O) groups excluding carboxylic acids is 1. The first-order valence-electron chi connectivity index (χ1n) is 8.25. The number of aromatic nitrogens is 2. The van der Waals surface area contributed by atoms with Crippen LogP contribution < -0.4 is 15.8 Å². The summed E-state index contributed by atoms with van der Waals surface area (Å²) in [5.74, 6) is 0.140. The fourth-order valence-electron chi connectivity index (χ4n) is 2.98. The monoisotopic (exact) mass is 326 g/mol. The first kappa shape index (κ1) is 16.2. The Morgan fingerprint density at radius 1 is 1.29 bits per heavy atom. The lowest BCUT2D eigenvalue weighted by molar-refractivity contribution is -0.125. The largest absolute Gasteiger partial charge is 0.370 e. The maximum absolute atomic E-state index is 12.3. The predicted molar refractivity (Wildman–Crippen MR) is 92.8 cm³/mol. The molecule has 1 aliphatic rings. The number of anilines is 1. The van der Waals surface area contributed by atoms with Crippen LogP contribution >= 0.6 is 0 Å². The van der Waals surface area contributed by atoms with Crippen molar-refractivity contribution >= 4 is 11.6 Å². The number of hydrogen-bond donors (Lipinski definition) is 2. The minimum atomic E-state index is -0.203. The quantitative estimate of drug-likeness (QED) is 0.895. The van der Waals surface area contributed by atoms with E-state index in [1.54, 1.807) is 12.3 Å². The van der Waals surface area contributed by atoms with Gasteiger partial charge in [-0.15, -0.1) is 0 Å². The first-order chi connectivity index (χ1) is 11.6. The smallest absolute Gasteiger partial charge is 0.266 e. The number of nitrogens with zero attached hydrogens (tertiary/aromatic N) is 2. The molecule has 126 valence electrons. The van der Waals surface area contributed by atoms with Gasteiger partial charge in [0.05, 0.1) is 11.9 Å². The number of nitrogens with one attached hydrogen (secondary N) is 2. The second kappa shape index (κ2) is 7.29. The van der Waals surface area contributed by atoms with E-state index in [2.05, 4.69) is 32.5 Å². The lowest BCUT2D eigenvalue weighted by atomic mass is 9.95. The maximum atomic E-state index is 12.3. The summed E-state index contributed by atoms with van der Waals surface area (Å²) < 4.78 is 0. The van der Waals surface area contributed by atoms with Gasteiger partial charge in [0.15, 0.2) is 0 Å². The summed E-state index contributed by atoms with van der Waals surface area (Å²) in [6, 6.07) is 9.73. The van der Waals surface area contributed by atoms with E-state index in [0.29, 0.717) is 6.54 Å². The van der Waals surface area contributed by atoms with Crippen LogP contribution in [0.5, 0.6) is 0 Å². The van der Waals surface area contributed by atoms with Crippen molar-refractivity contribution in [2.45, 2.75) is 26.3 Å². The number of benzene rings is 1. The molecule has 0 saturated carbocycles. The van der Waals surface area contributed by atoms with Crippen molar-refractivity contribution in [2.24, 2.45) is 5.92 Å². The van der Waals surface area contributed by atoms with Crippen molar-refractivity contribution in [3.8, 4) is 0 Å². The Morgan fingerprint density at radius 2 is 2.00 bits per heavy atom. The molecule has 0 aliphatic carbocycles. The SMILES string of the molecule is Cc1ccc(CNC(=O)C2CCN(c3cn[nH]c(=O)c3)CC2)cc1. The van der Waals surface area contributed by atoms with Crippen molar-refractivity contribution in [3.05, 3.63) is 58.0 Å². The average molecular weight is 326 g/mol. The second-order valence-corrected chi connectivity index (χ2v) is 6.27. The number of piperidine rings is 1. The lowest BCUT2D eigenvalue weighted by Crippen LogP contribution is -2.40. The van der Waals surface area contributed by atoms with Crippen molar-refractivity contribution in [1.29, 1.82) is 0 Å². The van der Waals surface area contributed by atoms with Gasteiger partial charge in [0.2, 0.25) is 5.91 Å². The highest BCUT2D eigenvalue weighted by atomic mass is 16.2. The zero-order valence-corrected chi connectivity index (χ0v) is 13.8. The molecule has 2 heterocycles. The predicted octanol–water partition coefficient (Wildman–Crippen LogP) is 1.61. The van der Waals surface area contributed by atoms with Crippen LogP contribution in [0.25, 0.3) is 0 Å². The third-order valence-electron chi connectivity index (χ3n) is 4.47. The van der Waals surface area contributed by atoms with Gasteiger partial charge in [-0.2, -0.15) is 5.10 Å². The van der Waals surface area contributed by atoms with Crippen molar-refractivity contribution in [2.75, 3.05) is 18.0 Å². The zero-order chi connectivity index (χ0) is 16.9. The molecule has 2 N–H and O–H groups in total. The standard InChI is InChI=1S/C18H22N4O2/c1-13-2-4-14(5-3-13)11-19-18(24)15-6-8-22(9-7-15)16-10-17(23)21-20-12-16/h2-5,10,12,15H,6-9,11H2,1H3,(H,19,24)(H,21,23). The first-order valence-corrected chi connectivity index (χ1v) is 8.25. The van der Waals surface area contributed by atoms with Gasteiger partial charge in [-0.05, 0) is 25.3 Å². The lowest BCUT2D eigenvalue weighted by Gasteiger charge is -2.32. The summed E-state index contributed by atoms with van der Waals surface area (Å²) >= 11 is 0. The van der Waals surface area contributed by atoms with Crippen LogP contribution in [-0.4, -0.2) is 29.2 Å². The average Bonchev–Trinajstić information content (AvgIpc) is 2.61. The van der Waals surface area contributed by atoms with Gasteiger partial charge in [0.25, 0.3) is 5.56 Å². The molecule has 1 aliphatic heterocycles. The van der Waals surface area contributed by atoms with E-state index in [1.807, 2.05) is 19.1 Å². The summed E-state index contributed by atoms with van der Waals surface area (Å²) in [5.41, 5.74) is 2.94. The molecule has 0 unspecified atom stereocenters. The molecular weight excluding hydrogens is 304 g/mol. The van der Waals surface area contributed by atoms with Crippen molar-refractivity contribution in [1.82, 2.24) is 15.5 Å². The van der Waals surface area contributed by atoms with Gasteiger partial charge >= 0.3 is 0 Å². The molecule has 1 fully saturated rings. The molecule has 0 spiro atoms. The van der Waals surface area contributed by atoms with Crippen molar-refractivity contribution in [3.63, 3.8) is 0 Å². The normalized spacial score (nSPS) is 15.3. The summed E-state index contributed by atoms with van der Waals surface area (Å²) in [6.45, 7) is 4.13. The Balaban J connectivity index is 1.50. The second-order valence-electron chi connectivity index (χ2n) is 6.27. The van der Waals surface area contributed by atoms with E-state index in [0.717, 1.165) is 37.2 Å². The summed E-state index contributed by atoms with van der Waals surface area (Å²) in [6.07, 6.45) is 3.22. The number of carbonyl (C=O) groups is 1. The van der Waals surface area contributed by atoms with E-state index in [-0.39, 0.29) is 17.4 Å². The molecule has 6 heteroatoms. The van der Waals surface area contributed by atoms with Gasteiger partial charge < -0.3 is 10.2 Å². The number of hydrogen-bond acceptors (Lipinski definition) is 4. The molecule has 1 aromatic heterocycles. The van der Waals surface area contributed by atoms with Gasteiger partial charge in [0, 0.05) is 31.6 Å². The highest BCUT2D eigenvalue weighted by Gasteiger charge is 2.25. The van der Waals surface area contributed by atoms with E-state index >= 15 is 0 Å². The van der Waals surface area contributed by atoms with E-state index < -0.39 is 0 Å². The third kappa shape index (κ3) is 4.01. The number of H-pyrrole nitrogens is 1. The summed E-state index contributed by atoms with van der Waals surface area (Å²) in [7, 11) is 0. The number of aryl methyl sites for hydroxylation is 1. The van der Waals surface area contributed by atoms with E-state index in [9.17, 15) is 9.59 Å². The van der Waals surface area contributed by atoms with Crippen LogP contribution in [0.2, 0.25) is 0 Å². The number of amides is 1. The third-order valence-corrected chi connectivity index (χ3v) is 4.47. The van der Waals surface area contributed by atoms with Crippen LogP contribution in [0.15, 0.2) is 41.3 Å². The molecule has 1 aromatic carbocycles. The fraction of sp³-hybridized carbons (Fsp3) is 0.389. The topological polar surface area (TPSA) is 78.1 Å². The van der Waals surface area contributed by atoms with Crippen LogP contribution in [0.1, 0.15) is 24.0 Å². The van der Waals surface area contributed by atoms with Gasteiger partial charge in [-0.1, -0.05) is 29.8 Å². The van der Waals surface area contributed by atoms with E-state index in [1.165, 1.54) is 5.56 Å². The van der Waals surface area contributed by atoms with Crippen LogP contribution in [0, 0.1) is 12.8 Å². The van der Waals surface area contributed by atoms with Crippen LogP contribution in [-0.2, 0) is 11.3 Å². The molecule has 24 heavy (non-hydrogen) atoms. The Kier molecular flexibility index (Phi) is 4.93. The number of aromatic amines is 1. The van der Waals surface area contributed by atoms with Crippen LogP contribution in [0.4, 0.5) is 5.69 Å². The molecule has 0 bridgehead atoms. The van der Waals surface area contributed by atoms with Crippen LogP contribution in [0.3, 0.4) is 0 Å². The maximum Gasteiger partial charge on any atom is 0.266 e. The molecule has 1 saturated heterocycles. The van der Waals surface area contributed by atoms with Crippen molar-refractivity contribution < 1.29 is 4.79 Å². The fourth-order valence-corrected chi connectivity index (χ4v) is 2.98. The highest BCUT2D eigenvalue weighted by Crippen LogP contribution is 2.21. The molecule has 1 amide bonds. The molecule has 3 rings (SSSR count). The Hall–Kier alpha value is -2.63. The Bertz CT molecular complexity index is 746. The molecule has 6 nitrogen and oxygen atoms in total. The molecule has 0 atom stereocenters. The Labute approximate surface area is 140 Å². The minimum Gasteiger partial charge on any atom is -0.370 e. The summed E-state index contributed by atoms with van der Waals surface area (Å²) in [4.78, 5) is 25.8.